The Bertz CT molecular complexity index is 1410. The number of nitrogens with two attached hydrogens (primary N) is 1. The molecule has 4 aromatic rings. The first-order valence-electron chi connectivity index (χ1n) is 11.3. The number of nitrogens with one attached hydrogen (secondary N) is 1. The maximum Gasteiger partial charge on any atom is 0.241 e. The fourth-order valence-electron chi connectivity index (χ4n) is 4.16. The van der Waals surface area contributed by atoms with Crippen molar-refractivity contribution < 1.29 is 13.9 Å². The summed E-state index contributed by atoms with van der Waals surface area (Å²) in [5.41, 5.74) is 9.68. The van der Waals surface area contributed by atoms with E-state index in [1.807, 2.05) is 55.6 Å². The molecule has 1 aliphatic heterocycles. The van der Waals surface area contributed by atoms with Gasteiger partial charge in [0.1, 0.15) is 0 Å². The highest BCUT2D eigenvalue weighted by Gasteiger charge is 2.15. The van der Waals surface area contributed by atoms with Gasteiger partial charge in [0.15, 0.2) is 11.6 Å². The van der Waals surface area contributed by atoms with Crippen molar-refractivity contribution >= 4 is 40.2 Å². The number of fused-ring (bicyclic) bond motifs is 1. The van der Waals surface area contributed by atoms with E-state index in [9.17, 15) is 9.18 Å². The number of hydrogen-bond donors (Lipinski definition) is 2. The molecule has 0 spiro atoms. The first-order chi connectivity index (χ1) is 17.0. The van der Waals surface area contributed by atoms with Gasteiger partial charge in [-0.25, -0.2) is 9.37 Å². The summed E-state index contributed by atoms with van der Waals surface area (Å²) in [6, 6.07) is 13.6. The van der Waals surface area contributed by atoms with Crippen LogP contribution >= 0.6 is 0 Å². The average Bonchev–Trinajstić information content (AvgIpc) is 3.20. The molecule has 1 saturated heterocycles. The Hall–Kier alpha value is -4.24. The molecule has 8 nitrogen and oxygen atoms in total. The van der Waals surface area contributed by atoms with E-state index in [1.54, 1.807) is 10.6 Å². The molecule has 1 fully saturated rings. The topological polar surface area (TPSA) is 98.3 Å². The van der Waals surface area contributed by atoms with Gasteiger partial charge < -0.3 is 20.7 Å². The van der Waals surface area contributed by atoms with E-state index >= 15 is 0 Å². The molecule has 178 valence electrons. The van der Waals surface area contributed by atoms with Crippen molar-refractivity contribution in [3.8, 4) is 5.82 Å². The number of carbonyl (C=O) groups is 1. The summed E-state index contributed by atoms with van der Waals surface area (Å²) in [7, 11) is 0. The highest BCUT2D eigenvalue weighted by molar-refractivity contribution is 5.92. The van der Waals surface area contributed by atoms with Crippen LogP contribution in [0, 0.1) is 12.7 Å². The van der Waals surface area contributed by atoms with Crippen LogP contribution in [0.5, 0.6) is 0 Å². The van der Waals surface area contributed by atoms with Crippen LogP contribution < -0.4 is 16.0 Å². The Labute approximate surface area is 201 Å². The monoisotopic (exact) mass is 472 g/mol. The van der Waals surface area contributed by atoms with E-state index < -0.39 is 11.7 Å². The van der Waals surface area contributed by atoms with Crippen LogP contribution in [-0.2, 0) is 9.53 Å². The van der Waals surface area contributed by atoms with Gasteiger partial charge in [0, 0.05) is 42.1 Å². The second-order valence-electron chi connectivity index (χ2n) is 8.33. The van der Waals surface area contributed by atoms with Gasteiger partial charge in [-0.15, -0.1) is 0 Å². The van der Waals surface area contributed by atoms with Crippen LogP contribution in [0.3, 0.4) is 0 Å². The Morgan fingerprint density at radius 1 is 1.17 bits per heavy atom. The summed E-state index contributed by atoms with van der Waals surface area (Å²) in [6.07, 6.45) is 5.95. The lowest BCUT2D eigenvalue weighted by Gasteiger charge is -2.28. The number of amides is 1. The molecule has 1 amide bonds. The molecule has 3 N–H and O–H groups in total. The molecule has 3 heterocycles. The second-order valence-corrected chi connectivity index (χ2v) is 8.33. The van der Waals surface area contributed by atoms with Crippen molar-refractivity contribution in [1.29, 1.82) is 0 Å². The van der Waals surface area contributed by atoms with E-state index in [1.165, 1.54) is 6.08 Å². The van der Waals surface area contributed by atoms with E-state index in [4.69, 9.17) is 10.5 Å². The summed E-state index contributed by atoms with van der Waals surface area (Å²) in [6.45, 7) is 5.12. The first-order valence-corrected chi connectivity index (χ1v) is 11.3. The number of hydrogen-bond acceptors (Lipinski definition) is 6. The van der Waals surface area contributed by atoms with Crippen LogP contribution in [0.25, 0.3) is 22.8 Å². The summed E-state index contributed by atoms with van der Waals surface area (Å²) >= 11 is 0. The molecule has 1 aliphatic rings. The van der Waals surface area contributed by atoms with Gasteiger partial charge in [-0.05, 0) is 60.5 Å². The third kappa shape index (κ3) is 4.85. The normalized spacial score (nSPS) is 14.1. The van der Waals surface area contributed by atoms with Crippen LogP contribution in [-0.4, -0.2) is 46.7 Å². The van der Waals surface area contributed by atoms with Crippen molar-refractivity contribution in [2.45, 2.75) is 6.92 Å². The lowest BCUT2D eigenvalue weighted by molar-refractivity contribution is -0.113. The van der Waals surface area contributed by atoms with E-state index in [0.717, 1.165) is 65.9 Å². The zero-order valence-corrected chi connectivity index (χ0v) is 19.2. The predicted molar refractivity (Wildman–Crippen MR) is 135 cm³/mol. The molecule has 0 atom stereocenters. The Balaban J connectivity index is 1.42. The van der Waals surface area contributed by atoms with Gasteiger partial charge in [0.2, 0.25) is 11.9 Å². The Kier molecular flexibility index (Phi) is 6.15. The highest BCUT2D eigenvalue weighted by Crippen LogP contribution is 2.27. The summed E-state index contributed by atoms with van der Waals surface area (Å²) in [5.74, 6) is -0.613. The molecule has 0 aliphatic carbocycles. The number of aryl methyl sites for hydroxylation is 1. The predicted octanol–water partition coefficient (Wildman–Crippen LogP) is 3.95. The van der Waals surface area contributed by atoms with Crippen molar-refractivity contribution in [1.82, 2.24) is 14.5 Å². The maximum atomic E-state index is 14.8. The zero-order valence-electron chi connectivity index (χ0n) is 19.2. The number of morpholine rings is 1. The van der Waals surface area contributed by atoms with Crippen molar-refractivity contribution in [2.24, 2.45) is 5.73 Å². The Morgan fingerprint density at radius 2 is 1.94 bits per heavy atom. The summed E-state index contributed by atoms with van der Waals surface area (Å²) < 4.78 is 21.9. The number of aromatic nitrogens is 3. The molecule has 0 saturated carbocycles. The molecule has 2 aromatic carbocycles. The Morgan fingerprint density at radius 3 is 2.69 bits per heavy atom. The fraction of sp³-hybridized carbons (Fsp3) is 0.192. The lowest BCUT2D eigenvalue weighted by atomic mass is 10.1. The zero-order chi connectivity index (χ0) is 24.4. The highest BCUT2D eigenvalue weighted by atomic mass is 19.1. The van der Waals surface area contributed by atoms with Crippen molar-refractivity contribution in [3.63, 3.8) is 0 Å². The molecular weight excluding hydrogens is 447 g/mol. The quantitative estimate of drug-likeness (QED) is 0.413. The van der Waals surface area contributed by atoms with Gasteiger partial charge in [-0.3, -0.25) is 9.36 Å². The minimum Gasteiger partial charge on any atom is -0.378 e. The van der Waals surface area contributed by atoms with E-state index in [2.05, 4.69) is 20.2 Å². The van der Waals surface area contributed by atoms with Crippen LogP contribution in [0.15, 0.2) is 60.9 Å². The van der Waals surface area contributed by atoms with Crippen LogP contribution in [0.1, 0.15) is 11.1 Å². The van der Waals surface area contributed by atoms with Crippen molar-refractivity contribution in [2.75, 3.05) is 36.5 Å². The SMILES string of the molecule is Cc1cn(-c2nc(Nc3ccc(N4CCOCC4)cc3)ncc2F)c2ccc(C=CC(N)=O)cc12. The number of halogens is 1. The van der Waals surface area contributed by atoms with Crippen LogP contribution in [0.2, 0.25) is 0 Å². The van der Waals surface area contributed by atoms with E-state index in [0.29, 0.717) is 5.95 Å². The van der Waals surface area contributed by atoms with Gasteiger partial charge in [-0.2, -0.15) is 4.98 Å². The smallest absolute Gasteiger partial charge is 0.241 e. The van der Waals surface area contributed by atoms with Gasteiger partial charge in [-0.1, -0.05) is 6.07 Å². The number of ether oxygens (including phenoxy) is 1. The number of nitrogens with zero attached hydrogens (tertiary/aromatic N) is 4. The largest absolute Gasteiger partial charge is 0.378 e. The molecule has 5 rings (SSSR count). The molecule has 0 bridgehead atoms. The molecule has 0 radical (unpaired) electrons. The fourth-order valence-corrected chi connectivity index (χ4v) is 4.16. The van der Waals surface area contributed by atoms with Crippen molar-refractivity contribution in [3.05, 3.63) is 77.9 Å². The minimum atomic E-state index is -0.534. The van der Waals surface area contributed by atoms with Gasteiger partial charge >= 0.3 is 0 Å². The third-order valence-electron chi connectivity index (χ3n) is 5.92. The molecular formula is C26H25FN6O2. The average molecular weight is 473 g/mol. The lowest BCUT2D eigenvalue weighted by Crippen LogP contribution is -2.36. The first kappa shape index (κ1) is 22.5. The summed E-state index contributed by atoms with van der Waals surface area (Å²) in [4.78, 5) is 21.9. The maximum absolute atomic E-state index is 14.8. The number of anilines is 3. The van der Waals surface area contributed by atoms with Gasteiger partial charge in [0.25, 0.3) is 0 Å². The third-order valence-corrected chi connectivity index (χ3v) is 5.92. The molecule has 0 unspecified atom stereocenters. The van der Waals surface area contributed by atoms with Crippen LogP contribution in [0.4, 0.5) is 21.7 Å². The summed E-state index contributed by atoms with van der Waals surface area (Å²) in [5, 5.41) is 4.08. The molecule has 35 heavy (non-hydrogen) atoms. The number of primary amides is 1. The number of benzene rings is 2. The minimum absolute atomic E-state index is 0.144. The molecule has 2 aromatic heterocycles. The van der Waals surface area contributed by atoms with Gasteiger partial charge in [0.05, 0.1) is 24.9 Å². The van der Waals surface area contributed by atoms with E-state index in [-0.39, 0.29) is 5.82 Å². The second kappa shape index (κ2) is 9.55. The number of carbonyl (C=O) groups excluding carboxylic acids is 1. The standard InChI is InChI=1S/C26H25FN6O2/c1-17-16-33(23-8-2-18(14-21(17)23)3-9-24(28)34)25-22(27)15-29-26(31-25)30-19-4-6-20(7-5-19)32-10-12-35-13-11-32/h2-9,14-16H,10-13H2,1H3,(H2,28,34)(H,29,30,31). The molecule has 9 heteroatoms. The number of rotatable bonds is 6.